The van der Waals surface area contributed by atoms with Gasteiger partial charge in [-0.15, -0.1) is 0 Å². The van der Waals surface area contributed by atoms with Crippen molar-refractivity contribution in [2.24, 2.45) is 0 Å². The highest BCUT2D eigenvalue weighted by molar-refractivity contribution is 9.13. The van der Waals surface area contributed by atoms with E-state index in [0.717, 1.165) is 0 Å². The molecule has 0 aliphatic heterocycles. The Morgan fingerprint density at radius 2 is 1.84 bits per heavy atom. The molecule has 9 nitrogen and oxygen atoms in total. The van der Waals surface area contributed by atoms with E-state index in [1.165, 1.54) is 12.1 Å². The smallest absolute Gasteiger partial charge is 0.394 e. The number of hydrogen-bond donors (Lipinski definition) is 5. The normalized spacial score (nSPS) is 10.6. The van der Waals surface area contributed by atoms with Gasteiger partial charge in [-0.2, -0.15) is 0 Å². The zero-order chi connectivity index (χ0) is 18.1. The van der Waals surface area contributed by atoms with E-state index in [9.17, 15) is 14.4 Å². The molecule has 2 aromatic heterocycles. The van der Waals surface area contributed by atoms with E-state index in [2.05, 4.69) is 57.4 Å². The predicted octanol–water partition coefficient (Wildman–Crippen LogP) is 2.69. The predicted molar refractivity (Wildman–Crippen MR) is 96.5 cm³/mol. The molecule has 0 fully saturated rings. The SMILES string of the molecule is O=C(O)C(=O)Nc1ccc2nc(NC(=O)c3cc(Br)c(Br)[nH]3)[nH]c2c1. The number of benzene rings is 1. The van der Waals surface area contributed by atoms with E-state index < -0.39 is 17.8 Å². The first-order chi connectivity index (χ1) is 11.8. The van der Waals surface area contributed by atoms with Crippen molar-refractivity contribution in [2.75, 3.05) is 10.6 Å². The molecule has 0 atom stereocenters. The Kier molecular flexibility index (Phi) is 4.59. The van der Waals surface area contributed by atoms with Crippen LogP contribution in [0.5, 0.6) is 0 Å². The summed E-state index contributed by atoms with van der Waals surface area (Å²) in [5.74, 6) is -2.91. The molecule has 0 aliphatic rings. The first-order valence-corrected chi connectivity index (χ1v) is 8.31. The van der Waals surface area contributed by atoms with E-state index >= 15 is 0 Å². The van der Waals surface area contributed by atoms with Gasteiger partial charge in [0, 0.05) is 5.69 Å². The number of rotatable bonds is 3. The topological polar surface area (TPSA) is 140 Å². The number of carbonyl (C=O) groups excluding carboxylic acids is 2. The summed E-state index contributed by atoms with van der Waals surface area (Å²) in [5.41, 5.74) is 1.68. The Morgan fingerprint density at radius 1 is 1.08 bits per heavy atom. The van der Waals surface area contributed by atoms with E-state index in [0.29, 0.717) is 31.5 Å². The van der Waals surface area contributed by atoms with E-state index in [-0.39, 0.29) is 5.95 Å². The fourth-order valence-corrected chi connectivity index (χ4v) is 2.69. The van der Waals surface area contributed by atoms with E-state index in [1.54, 1.807) is 12.1 Å². The van der Waals surface area contributed by atoms with Crippen molar-refractivity contribution in [3.8, 4) is 0 Å². The number of nitrogens with one attached hydrogen (secondary N) is 4. The van der Waals surface area contributed by atoms with Crippen LogP contribution in [0.3, 0.4) is 0 Å². The number of H-pyrrole nitrogens is 2. The van der Waals surface area contributed by atoms with Gasteiger partial charge in [0.15, 0.2) is 0 Å². The summed E-state index contributed by atoms with van der Waals surface area (Å²) in [5, 5.41) is 13.4. The highest BCUT2D eigenvalue weighted by atomic mass is 79.9. The zero-order valence-electron chi connectivity index (χ0n) is 12.2. The van der Waals surface area contributed by atoms with E-state index in [1.807, 2.05) is 0 Å². The van der Waals surface area contributed by atoms with Crippen molar-refractivity contribution in [3.63, 3.8) is 0 Å². The molecule has 0 spiro atoms. The minimum atomic E-state index is -1.58. The lowest BCUT2D eigenvalue weighted by atomic mass is 10.3. The molecule has 2 amide bonds. The molecule has 5 N–H and O–H groups in total. The molecule has 0 radical (unpaired) electrons. The average molecular weight is 471 g/mol. The van der Waals surface area contributed by atoms with Crippen molar-refractivity contribution in [3.05, 3.63) is 39.0 Å². The maximum atomic E-state index is 12.2. The van der Waals surface area contributed by atoms with Gasteiger partial charge < -0.3 is 20.4 Å². The van der Waals surface area contributed by atoms with Crippen LogP contribution in [0, 0.1) is 0 Å². The summed E-state index contributed by atoms with van der Waals surface area (Å²) in [6, 6.07) is 6.22. The Bertz CT molecular complexity index is 990. The number of nitrogens with zero attached hydrogens (tertiary/aromatic N) is 1. The van der Waals surface area contributed by atoms with Crippen molar-refractivity contribution < 1.29 is 19.5 Å². The first-order valence-electron chi connectivity index (χ1n) is 6.73. The van der Waals surface area contributed by atoms with Gasteiger partial charge in [0.25, 0.3) is 5.91 Å². The maximum absolute atomic E-state index is 12.2. The zero-order valence-corrected chi connectivity index (χ0v) is 15.4. The summed E-state index contributed by atoms with van der Waals surface area (Å²) in [6.45, 7) is 0. The van der Waals surface area contributed by atoms with Crippen LogP contribution in [-0.4, -0.2) is 37.8 Å². The second-order valence-electron chi connectivity index (χ2n) is 4.88. The van der Waals surface area contributed by atoms with Gasteiger partial charge >= 0.3 is 11.9 Å². The number of aromatic nitrogens is 3. The quantitative estimate of drug-likeness (QED) is 0.374. The van der Waals surface area contributed by atoms with Crippen molar-refractivity contribution in [1.29, 1.82) is 0 Å². The number of aromatic amines is 2. The molecule has 0 bridgehead atoms. The van der Waals surface area contributed by atoms with Gasteiger partial charge in [-0.3, -0.25) is 14.9 Å². The number of carboxylic acids is 1. The molecule has 1 aromatic carbocycles. The lowest BCUT2D eigenvalue weighted by Gasteiger charge is -2.00. The van der Waals surface area contributed by atoms with Gasteiger partial charge in [0.1, 0.15) is 5.69 Å². The lowest BCUT2D eigenvalue weighted by molar-refractivity contribution is -0.147. The van der Waals surface area contributed by atoms with Gasteiger partial charge in [-0.1, -0.05) is 0 Å². The average Bonchev–Trinajstić information content (AvgIpc) is 3.09. The van der Waals surface area contributed by atoms with Crippen LogP contribution in [0.4, 0.5) is 11.6 Å². The summed E-state index contributed by atoms with van der Waals surface area (Å²) < 4.78 is 1.35. The Hall–Kier alpha value is -2.66. The van der Waals surface area contributed by atoms with Crippen molar-refractivity contribution in [2.45, 2.75) is 0 Å². The molecule has 128 valence electrons. The maximum Gasteiger partial charge on any atom is 0.394 e. The van der Waals surface area contributed by atoms with Crippen LogP contribution >= 0.6 is 31.9 Å². The number of anilines is 2. The third-order valence-electron chi connectivity index (χ3n) is 3.14. The van der Waals surface area contributed by atoms with Crippen LogP contribution in [0.15, 0.2) is 33.3 Å². The van der Waals surface area contributed by atoms with Gasteiger partial charge in [0.2, 0.25) is 5.95 Å². The molecular formula is C14H9Br2N5O4. The Balaban J connectivity index is 1.80. The molecule has 2 heterocycles. The number of aliphatic carboxylic acids is 1. The number of amides is 2. The standard InChI is InChI=1S/C14H9Br2N5O4/c15-6-4-9(18-10(6)16)11(22)21-14-19-7-2-1-5(3-8(7)20-14)17-12(23)13(24)25/h1-4,18H,(H,17,23)(H,24,25)(H2,19,20,21,22). The molecule has 0 aliphatic carbocycles. The summed E-state index contributed by atoms with van der Waals surface area (Å²) in [7, 11) is 0. The highest BCUT2D eigenvalue weighted by Crippen LogP contribution is 2.24. The van der Waals surface area contributed by atoms with Crippen LogP contribution in [0.25, 0.3) is 11.0 Å². The second kappa shape index (κ2) is 6.69. The molecule has 11 heteroatoms. The van der Waals surface area contributed by atoms with Crippen LogP contribution < -0.4 is 10.6 Å². The van der Waals surface area contributed by atoms with Crippen molar-refractivity contribution in [1.82, 2.24) is 15.0 Å². The first kappa shape index (κ1) is 17.2. The van der Waals surface area contributed by atoms with Crippen LogP contribution in [-0.2, 0) is 9.59 Å². The van der Waals surface area contributed by atoms with Crippen molar-refractivity contribution >= 4 is 72.3 Å². The number of fused-ring (bicyclic) bond motifs is 1. The van der Waals surface area contributed by atoms with E-state index in [4.69, 9.17) is 5.11 Å². The second-order valence-corrected chi connectivity index (χ2v) is 6.52. The molecule has 0 unspecified atom stereocenters. The fourth-order valence-electron chi connectivity index (χ4n) is 2.03. The van der Waals surface area contributed by atoms with Crippen LogP contribution in [0.1, 0.15) is 10.5 Å². The number of carboxylic acid groups (broad SMARTS) is 1. The number of imidazole rings is 1. The number of carbonyl (C=O) groups is 3. The molecule has 3 aromatic rings. The molecule has 25 heavy (non-hydrogen) atoms. The van der Waals surface area contributed by atoms with Crippen LogP contribution in [0.2, 0.25) is 0 Å². The third-order valence-corrected chi connectivity index (χ3v) is 4.92. The molecule has 0 saturated carbocycles. The Morgan fingerprint density at radius 3 is 2.48 bits per heavy atom. The monoisotopic (exact) mass is 469 g/mol. The molecule has 3 rings (SSSR count). The molecular weight excluding hydrogens is 462 g/mol. The largest absolute Gasteiger partial charge is 0.474 e. The van der Waals surface area contributed by atoms with Gasteiger partial charge in [-0.25, -0.2) is 9.78 Å². The van der Waals surface area contributed by atoms with Gasteiger partial charge in [0.05, 0.1) is 20.1 Å². The minimum Gasteiger partial charge on any atom is -0.474 e. The highest BCUT2D eigenvalue weighted by Gasteiger charge is 2.14. The summed E-state index contributed by atoms with van der Waals surface area (Å²) in [6.07, 6.45) is 0. The summed E-state index contributed by atoms with van der Waals surface area (Å²) in [4.78, 5) is 43.9. The number of hydrogen-bond acceptors (Lipinski definition) is 4. The minimum absolute atomic E-state index is 0.212. The lowest BCUT2D eigenvalue weighted by Crippen LogP contribution is -2.21. The van der Waals surface area contributed by atoms with Gasteiger partial charge in [-0.05, 0) is 56.1 Å². The molecule has 0 saturated heterocycles. The summed E-state index contributed by atoms with van der Waals surface area (Å²) >= 11 is 6.53. The third kappa shape index (κ3) is 3.72. The Labute approximate surface area is 156 Å². The number of halogens is 2. The fraction of sp³-hybridized carbons (Fsp3) is 0.